The van der Waals surface area contributed by atoms with Gasteiger partial charge in [-0.1, -0.05) is 98.1 Å². The third-order valence-electron chi connectivity index (χ3n) is 4.66. The van der Waals surface area contributed by atoms with Crippen molar-refractivity contribution in [1.82, 2.24) is 0 Å². The van der Waals surface area contributed by atoms with Gasteiger partial charge in [-0.05, 0) is 55.6 Å². The van der Waals surface area contributed by atoms with E-state index in [2.05, 4.69) is 72.1 Å². The van der Waals surface area contributed by atoms with Crippen molar-refractivity contribution in [3.63, 3.8) is 0 Å². The van der Waals surface area contributed by atoms with Crippen LogP contribution in [-0.2, 0) is 0 Å². The van der Waals surface area contributed by atoms with Crippen molar-refractivity contribution in [2.45, 2.75) is 81.6 Å². The molecule has 0 saturated heterocycles. The van der Waals surface area contributed by atoms with Crippen molar-refractivity contribution in [3.8, 4) is 0 Å². The highest BCUT2D eigenvalue weighted by molar-refractivity contribution is 5.43. The summed E-state index contributed by atoms with van der Waals surface area (Å²) in [6.07, 6.45) is 16.4. The van der Waals surface area contributed by atoms with Gasteiger partial charge in [0.25, 0.3) is 0 Å². The van der Waals surface area contributed by atoms with E-state index >= 15 is 0 Å². The Morgan fingerprint density at radius 2 is 1.52 bits per heavy atom. The fourth-order valence-corrected chi connectivity index (χ4v) is 4.44. The smallest absolute Gasteiger partial charge is 0.0206 e. The minimum Gasteiger partial charge on any atom is -0.0991 e. The molecule has 0 heteroatoms. The zero-order valence-corrected chi connectivity index (χ0v) is 18.6. The highest BCUT2D eigenvalue weighted by atomic mass is 14.5. The second-order valence-corrected chi connectivity index (χ2v) is 7.24. The third kappa shape index (κ3) is 7.22. The van der Waals surface area contributed by atoms with E-state index in [9.17, 15) is 0 Å². The van der Waals surface area contributed by atoms with Gasteiger partial charge in [0, 0.05) is 5.41 Å². The highest BCUT2D eigenvalue weighted by Crippen LogP contribution is 2.56. The fourth-order valence-electron chi connectivity index (χ4n) is 4.44. The van der Waals surface area contributed by atoms with Crippen molar-refractivity contribution in [2.75, 3.05) is 0 Å². The van der Waals surface area contributed by atoms with Gasteiger partial charge in [-0.2, -0.15) is 0 Å². The summed E-state index contributed by atoms with van der Waals surface area (Å²) in [5, 5.41) is 0. The Bertz CT molecular complexity index is 470. The maximum atomic E-state index is 4.08. The van der Waals surface area contributed by atoms with Crippen LogP contribution < -0.4 is 0 Å². The minimum atomic E-state index is 0.0678. The van der Waals surface area contributed by atoms with E-state index in [1.54, 1.807) is 0 Å². The van der Waals surface area contributed by atoms with Gasteiger partial charge in [-0.15, -0.1) is 0 Å². The number of allylic oxidation sites excluding steroid dienone is 8. The topological polar surface area (TPSA) is 0 Å². The Labute approximate surface area is 159 Å². The Balaban J connectivity index is 0. The Kier molecular flexibility index (Phi) is 13.5. The predicted molar refractivity (Wildman–Crippen MR) is 119 cm³/mol. The molecule has 0 nitrogen and oxygen atoms in total. The number of hydrogen-bond donors (Lipinski definition) is 0. The quantitative estimate of drug-likeness (QED) is 0.437. The molecule has 1 rings (SSSR count). The van der Waals surface area contributed by atoms with Crippen LogP contribution in [0.4, 0.5) is 0 Å². The molecule has 0 amide bonds. The largest absolute Gasteiger partial charge is 0.0991 e. The lowest BCUT2D eigenvalue weighted by Crippen LogP contribution is -2.39. The van der Waals surface area contributed by atoms with Crippen LogP contribution in [-0.4, -0.2) is 0 Å². The summed E-state index contributed by atoms with van der Waals surface area (Å²) in [7, 11) is 0. The molecule has 0 heterocycles. The van der Waals surface area contributed by atoms with Crippen LogP contribution in [0, 0.1) is 16.7 Å². The van der Waals surface area contributed by atoms with E-state index in [4.69, 9.17) is 0 Å². The summed E-state index contributed by atoms with van der Waals surface area (Å²) in [4.78, 5) is 0. The number of rotatable bonds is 5. The van der Waals surface area contributed by atoms with Gasteiger partial charge < -0.3 is 0 Å². The molecule has 0 aromatic carbocycles. The van der Waals surface area contributed by atoms with Crippen molar-refractivity contribution < 1.29 is 0 Å². The zero-order valence-electron chi connectivity index (χ0n) is 18.6. The average Bonchev–Trinajstić information content (AvgIpc) is 2.59. The summed E-state index contributed by atoms with van der Waals surface area (Å²) in [6, 6.07) is 0. The van der Waals surface area contributed by atoms with Crippen LogP contribution in [0.25, 0.3) is 0 Å². The van der Waals surface area contributed by atoms with Gasteiger partial charge in [0.1, 0.15) is 0 Å². The first-order chi connectivity index (χ1) is 11.8. The molecule has 1 saturated carbocycles. The van der Waals surface area contributed by atoms with Crippen LogP contribution in [0.15, 0.2) is 60.8 Å². The SMILES string of the molecule is C=C/C=C(\C=C)C1(C(/C=C\C)=C/C)CC(C)CC(C)(C)C1.CC.CC. The monoisotopic (exact) mass is 344 g/mol. The summed E-state index contributed by atoms with van der Waals surface area (Å²) in [5.74, 6) is 0.710. The van der Waals surface area contributed by atoms with Gasteiger partial charge in [-0.3, -0.25) is 0 Å². The molecule has 0 aromatic heterocycles. The number of hydrogen-bond acceptors (Lipinski definition) is 0. The lowest BCUT2D eigenvalue weighted by molar-refractivity contribution is 0.103. The van der Waals surface area contributed by atoms with Crippen LogP contribution >= 0.6 is 0 Å². The van der Waals surface area contributed by atoms with Gasteiger partial charge in [0.05, 0.1) is 0 Å². The average molecular weight is 345 g/mol. The molecule has 1 aliphatic rings. The van der Waals surface area contributed by atoms with E-state index in [0.29, 0.717) is 11.3 Å². The molecule has 2 unspecified atom stereocenters. The summed E-state index contributed by atoms with van der Waals surface area (Å²) >= 11 is 0. The first kappa shape index (κ1) is 25.9. The second-order valence-electron chi connectivity index (χ2n) is 7.24. The van der Waals surface area contributed by atoms with Crippen molar-refractivity contribution in [2.24, 2.45) is 16.7 Å². The lowest BCUT2D eigenvalue weighted by Gasteiger charge is -2.49. The van der Waals surface area contributed by atoms with Crippen LogP contribution in [0.5, 0.6) is 0 Å². The predicted octanol–water partition coefficient (Wildman–Crippen LogP) is 8.69. The fraction of sp³-hybridized carbons (Fsp3) is 0.600. The second kappa shape index (κ2) is 13.0. The molecular formula is C25H44. The maximum Gasteiger partial charge on any atom is 0.0206 e. The minimum absolute atomic E-state index is 0.0678. The van der Waals surface area contributed by atoms with E-state index in [0.717, 1.165) is 0 Å². The highest BCUT2D eigenvalue weighted by Gasteiger charge is 2.45. The van der Waals surface area contributed by atoms with E-state index in [1.807, 2.05) is 39.8 Å². The van der Waals surface area contributed by atoms with Gasteiger partial charge in [-0.25, -0.2) is 0 Å². The summed E-state index contributed by atoms with van der Waals surface area (Å²) in [5.41, 5.74) is 3.13. The van der Waals surface area contributed by atoms with Crippen LogP contribution in [0.3, 0.4) is 0 Å². The molecule has 144 valence electrons. The first-order valence-electron chi connectivity index (χ1n) is 10.1. The molecule has 0 aromatic rings. The van der Waals surface area contributed by atoms with Crippen molar-refractivity contribution in [1.29, 1.82) is 0 Å². The maximum absolute atomic E-state index is 4.08. The molecule has 0 spiro atoms. The molecule has 0 radical (unpaired) electrons. The normalized spacial score (nSPS) is 26.0. The summed E-state index contributed by atoms with van der Waals surface area (Å²) in [6.45, 7) is 27.4. The Hall–Kier alpha value is -1.30. The van der Waals surface area contributed by atoms with Gasteiger partial charge in [0.15, 0.2) is 0 Å². The van der Waals surface area contributed by atoms with Gasteiger partial charge in [0.2, 0.25) is 0 Å². The van der Waals surface area contributed by atoms with E-state index < -0.39 is 0 Å². The summed E-state index contributed by atoms with van der Waals surface area (Å²) < 4.78 is 0. The van der Waals surface area contributed by atoms with Crippen LogP contribution in [0.1, 0.15) is 81.6 Å². The zero-order chi connectivity index (χ0) is 20.1. The van der Waals surface area contributed by atoms with E-state index in [1.165, 1.54) is 30.4 Å². The Morgan fingerprint density at radius 3 is 1.88 bits per heavy atom. The molecule has 2 atom stereocenters. The molecular weight excluding hydrogens is 300 g/mol. The standard InChI is InChI=1S/C21H32.2C2H6/c1-8-12-18(10-3)21(19(11-4)13-9-2)15-17(5)14-20(6,7)16-21;2*1-2/h8-13,17H,1,3,14-16H2,2,4-7H3;2*1-2H3/b13-9-,18-12+,19-11+;;. The van der Waals surface area contributed by atoms with E-state index in [-0.39, 0.29) is 5.41 Å². The van der Waals surface area contributed by atoms with Crippen LogP contribution in [0.2, 0.25) is 0 Å². The molecule has 1 aliphatic carbocycles. The third-order valence-corrected chi connectivity index (χ3v) is 4.66. The molecule has 1 fully saturated rings. The van der Waals surface area contributed by atoms with Crippen molar-refractivity contribution >= 4 is 0 Å². The molecule has 0 N–H and O–H groups in total. The first-order valence-corrected chi connectivity index (χ1v) is 10.1. The molecule has 0 aliphatic heterocycles. The van der Waals surface area contributed by atoms with Crippen molar-refractivity contribution in [3.05, 3.63) is 60.8 Å². The lowest BCUT2D eigenvalue weighted by atomic mass is 9.54. The Morgan fingerprint density at radius 1 is 0.960 bits per heavy atom. The van der Waals surface area contributed by atoms with Gasteiger partial charge >= 0.3 is 0 Å². The molecule has 0 bridgehead atoms. The molecule has 25 heavy (non-hydrogen) atoms.